The summed E-state index contributed by atoms with van der Waals surface area (Å²) in [5.74, 6) is -0.957. The molecule has 5 rings (SSSR count). The summed E-state index contributed by atoms with van der Waals surface area (Å²) in [6.45, 7) is 4.52. The van der Waals surface area contributed by atoms with Crippen molar-refractivity contribution in [2.75, 3.05) is 40.5 Å². The quantitative estimate of drug-likeness (QED) is 0.0690. The van der Waals surface area contributed by atoms with Gasteiger partial charge in [0.15, 0.2) is 23.9 Å². The SMILES string of the molecule is CCOc1cc(C(Cc2c(Cl)c[n+]([O-])cc2Cl)c2cc(CNC(C(=O)OCC3CCN(C)CC3)c3cccc(O)c3)sc2C(=O)O)ccc1OC. The maximum atomic E-state index is 13.5. The van der Waals surface area contributed by atoms with Crippen LogP contribution in [0.1, 0.15) is 68.5 Å². The van der Waals surface area contributed by atoms with Crippen molar-refractivity contribution in [2.24, 2.45) is 5.92 Å². The topological polar surface area (TPSA) is 144 Å². The van der Waals surface area contributed by atoms with E-state index in [1.54, 1.807) is 30.3 Å². The Morgan fingerprint density at radius 3 is 2.45 bits per heavy atom. The second-order valence-corrected chi connectivity index (χ2v) is 14.4. The average molecular weight is 759 g/mol. The van der Waals surface area contributed by atoms with Crippen LogP contribution in [0, 0.1) is 11.1 Å². The number of aromatic carboxylic acids is 1. The molecular formula is C37H41Cl2N3O8S. The number of rotatable bonds is 15. The number of phenolic OH excluding ortho intramolecular Hbond substituents is 1. The highest BCUT2D eigenvalue weighted by molar-refractivity contribution is 7.14. The highest BCUT2D eigenvalue weighted by Crippen LogP contribution is 2.41. The Morgan fingerprint density at radius 1 is 1.08 bits per heavy atom. The number of phenols is 1. The molecule has 0 bridgehead atoms. The predicted octanol–water partition coefficient (Wildman–Crippen LogP) is 6.59. The fourth-order valence-electron chi connectivity index (χ4n) is 6.24. The standard InChI is InChI=1S/C37H41Cl2N3O8S/c1-4-49-33-15-23(8-9-32(33)48-3)27(17-29-30(38)19-42(47)20-31(29)39)28-16-26(51-35(28)36(44)45)18-40-34(24-6-5-7-25(43)14-24)37(46)50-21-22-10-12-41(2)13-11-22/h5-9,14-16,19-20,22,27,34,40,43H,4,10-13,17-18,21H2,1-3H3,(H,44,45). The molecule has 2 unspecified atom stereocenters. The molecule has 0 amide bonds. The van der Waals surface area contributed by atoms with E-state index in [0.717, 1.165) is 37.3 Å². The molecule has 51 heavy (non-hydrogen) atoms. The first-order valence-corrected chi connectivity index (χ1v) is 18.1. The summed E-state index contributed by atoms with van der Waals surface area (Å²) in [6.07, 6.45) is 4.43. The zero-order chi connectivity index (χ0) is 36.7. The normalized spacial score (nSPS) is 14.9. The number of carbonyl (C=O) groups is 2. The van der Waals surface area contributed by atoms with Crippen LogP contribution < -0.4 is 19.5 Å². The summed E-state index contributed by atoms with van der Waals surface area (Å²) in [5.41, 5.74) is 2.19. The Hall–Kier alpha value is -4.07. The largest absolute Gasteiger partial charge is 0.619 e. The van der Waals surface area contributed by atoms with Gasteiger partial charge in [-0.25, -0.2) is 9.59 Å². The van der Waals surface area contributed by atoms with Crippen molar-refractivity contribution < 1.29 is 38.7 Å². The van der Waals surface area contributed by atoms with Gasteiger partial charge in [0.25, 0.3) is 0 Å². The number of pyridine rings is 1. The number of carbonyl (C=O) groups excluding carboxylic acids is 1. The molecule has 2 aromatic heterocycles. The van der Waals surface area contributed by atoms with E-state index in [-0.39, 0.29) is 39.6 Å². The molecule has 4 aromatic rings. The Labute approximate surface area is 310 Å². The minimum absolute atomic E-state index is 0.00322. The van der Waals surface area contributed by atoms with Crippen LogP contribution >= 0.6 is 34.5 Å². The van der Waals surface area contributed by atoms with E-state index < -0.39 is 23.9 Å². The number of benzene rings is 2. The number of hydrogen-bond donors (Lipinski definition) is 3. The molecule has 0 saturated carbocycles. The van der Waals surface area contributed by atoms with Gasteiger partial charge in [0.05, 0.1) is 20.3 Å². The number of nitrogens with zero attached hydrogens (tertiary/aromatic N) is 2. The lowest BCUT2D eigenvalue weighted by Gasteiger charge is -2.29. The average Bonchev–Trinajstić information content (AvgIpc) is 3.52. The number of carboxylic acid groups (broad SMARTS) is 1. The number of halogens is 2. The van der Waals surface area contributed by atoms with Crippen LogP contribution in [0.5, 0.6) is 17.2 Å². The summed E-state index contributed by atoms with van der Waals surface area (Å²) in [5, 5.41) is 36.2. The van der Waals surface area contributed by atoms with Crippen LogP contribution in [0.15, 0.2) is 60.9 Å². The summed E-state index contributed by atoms with van der Waals surface area (Å²) < 4.78 is 17.7. The zero-order valence-corrected chi connectivity index (χ0v) is 30.9. The van der Waals surface area contributed by atoms with E-state index in [4.69, 9.17) is 37.4 Å². The summed E-state index contributed by atoms with van der Waals surface area (Å²) >= 11 is 14.1. The number of ether oxygens (including phenoxy) is 3. The molecule has 1 saturated heterocycles. The summed E-state index contributed by atoms with van der Waals surface area (Å²) in [7, 11) is 3.60. The first-order chi connectivity index (χ1) is 24.5. The maximum Gasteiger partial charge on any atom is 0.346 e. The number of likely N-dealkylation sites (tertiary alicyclic amines) is 1. The third-order valence-electron chi connectivity index (χ3n) is 8.96. The Morgan fingerprint density at radius 2 is 1.80 bits per heavy atom. The fourth-order valence-corrected chi connectivity index (χ4v) is 7.85. The van der Waals surface area contributed by atoms with E-state index in [9.17, 15) is 25.0 Å². The number of thiophene rings is 1. The van der Waals surface area contributed by atoms with Gasteiger partial charge >= 0.3 is 11.9 Å². The second-order valence-electron chi connectivity index (χ2n) is 12.5. The van der Waals surface area contributed by atoms with Crippen LogP contribution in [-0.2, 0) is 22.5 Å². The number of aromatic nitrogens is 1. The van der Waals surface area contributed by atoms with E-state index in [0.29, 0.717) is 56.6 Å². The highest BCUT2D eigenvalue weighted by atomic mass is 35.5. The van der Waals surface area contributed by atoms with Crippen molar-refractivity contribution in [1.29, 1.82) is 0 Å². The smallest absolute Gasteiger partial charge is 0.346 e. The third-order valence-corrected chi connectivity index (χ3v) is 10.7. The number of hydrogen-bond acceptors (Lipinski definition) is 10. The van der Waals surface area contributed by atoms with Crippen molar-refractivity contribution in [1.82, 2.24) is 10.2 Å². The first kappa shape index (κ1) is 38.2. The minimum atomic E-state index is -1.13. The van der Waals surface area contributed by atoms with Crippen LogP contribution in [0.2, 0.25) is 10.0 Å². The molecule has 272 valence electrons. The molecule has 2 atom stereocenters. The van der Waals surface area contributed by atoms with Gasteiger partial charge < -0.3 is 34.5 Å². The molecule has 1 aliphatic rings. The monoisotopic (exact) mass is 757 g/mol. The fraction of sp³-hybridized carbons (Fsp3) is 0.378. The number of nitrogens with one attached hydrogen (secondary N) is 1. The molecule has 2 aromatic carbocycles. The van der Waals surface area contributed by atoms with Crippen LogP contribution in [-0.4, -0.2) is 67.5 Å². The van der Waals surface area contributed by atoms with Crippen molar-refractivity contribution in [3.63, 3.8) is 0 Å². The molecule has 14 heteroatoms. The van der Waals surface area contributed by atoms with Crippen molar-refractivity contribution in [2.45, 2.75) is 44.7 Å². The van der Waals surface area contributed by atoms with Gasteiger partial charge in [0, 0.05) is 22.9 Å². The molecule has 11 nitrogen and oxygen atoms in total. The van der Waals surface area contributed by atoms with Crippen LogP contribution in [0.3, 0.4) is 0 Å². The Kier molecular flexibility index (Phi) is 13.0. The van der Waals surface area contributed by atoms with Gasteiger partial charge in [-0.15, -0.1) is 11.3 Å². The molecule has 0 radical (unpaired) electrons. The number of aromatic hydroxyl groups is 1. The molecule has 1 fully saturated rings. The Balaban J connectivity index is 1.48. The van der Waals surface area contributed by atoms with E-state index in [1.165, 1.54) is 31.6 Å². The number of esters is 1. The first-order valence-electron chi connectivity index (χ1n) is 16.6. The highest BCUT2D eigenvalue weighted by Gasteiger charge is 2.30. The number of carboxylic acids is 1. The minimum Gasteiger partial charge on any atom is -0.619 e. The molecule has 0 spiro atoms. The summed E-state index contributed by atoms with van der Waals surface area (Å²) in [4.78, 5) is 29.3. The van der Waals surface area contributed by atoms with Crippen LogP contribution in [0.25, 0.3) is 0 Å². The summed E-state index contributed by atoms with van der Waals surface area (Å²) in [6, 6.07) is 12.6. The van der Waals surface area contributed by atoms with Gasteiger partial charge in [-0.3, -0.25) is 5.32 Å². The van der Waals surface area contributed by atoms with Crippen molar-refractivity contribution in [3.05, 3.63) is 108 Å². The van der Waals surface area contributed by atoms with E-state index >= 15 is 0 Å². The lowest BCUT2D eigenvalue weighted by atomic mass is 9.85. The molecular weight excluding hydrogens is 717 g/mol. The van der Waals surface area contributed by atoms with Gasteiger partial charge in [0.2, 0.25) is 0 Å². The second kappa shape index (κ2) is 17.4. The molecule has 0 aliphatic carbocycles. The van der Waals surface area contributed by atoms with Gasteiger partial charge in [-0.1, -0.05) is 41.4 Å². The Bertz CT molecular complexity index is 1820. The molecule has 3 heterocycles. The van der Waals surface area contributed by atoms with Gasteiger partial charge in [-0.05, 0) is 99.3 Å². The third kappa shape index (κ3) is 9.63. The van der Waals surface area contributed by atoms with Crippen molar-refractivity contribution in [3.8, 4) is 17.2 Å². The molecule has 3 N–H and O–H groups in total. The van der Waals surface area contributed by atoms with Crippen LogP contribution in [0.4, 0.5) is 0 Å². The van der Waals surface area contributed by atoms with E-state index in [2.05, 4.69) is 17.3 Å². The predicted molar refractivity (Wildman–Crippen MR) is 195 cm³/mol. The van der Waals surface area contributed by atoms with Crippen molar-refractivity contribution >= 4 is 46.5 Å². The maximum absolute atomic E-state index is 13.5. The zero-order valence-electron chi connectivity index (χ0n) is 28.6. The number of piperidine rings is 1. The lowest BCUT2D eigenvalue weighted by molar-refractivity contribution is -0.605. The lowest BCUT2D eigenvalue weighted by Crippen LogP contribution is -2.34. The number of methoxy groups -OCH3 is 1. The molecule has 1 aliphatic heterocycles. The van der Waals surface area contributed by atoms with Gasteiger partial charge in [0.1, 0.15) is 26.7 Å². The van der Waals surface area contributed by atoms with Gasteiger partial charge in [-0.2, -0.15) is 4.73 Å². The van der Waals surface area contributed by atoms with E-state index in [1.807, 2.05) is 13.0 Å².